The van der Waals surface area contributed by atoms with E-state index in [1.165, 1.54) is 6.33 Å². The summed E-state index contributed by atoms with van der Waals surface area (Å²) in [5.41, 5.74) is 2.36. The molecular weight excluding hydrogens is 358 g/mol. The van der Waals surface area contributed by atoms with Gasteiger partial charge in [-0.15, -0.1) is 0 Å². The summed E-state index contributed by atoms with van der Waals surface area (Å²) in [6.07, 6.45) is 3.92. The van der Waals surface area contributed by atoms with Crippen LogP contribution >= 0.6 is 0 Å². The van der Waals surface area contributed by atoms with Crippen LogP contribution in [-0.2, 0) is 4.79 Å². The van der Waals surface area contributed by atoms with E-state index in [1.807, 2.05) is 31.3 Å². The van der Waals surface area contributed by atoms with Crippen molar-refractivity contribution in [2.75, 3.05) is 43.6 Å². The molecule has 1 aliphatic heterocycles. The van der Waals surface area contributed by atoms with Crippen LogP contribution in [0.3, 0.4) is 0 Å². The van der Waals surface area contributed by atoms with E-state index >= 15 is 0 Å². The molecule has 3 aromatic rings. The van der Waals surface area contributed by atoms with Crippen LogP contribution in [0.5, 0.6) is 5.75 Å². The molecule has 1 amide bonds. The van der Waals surface area contributed by atoms with Crippen LogP contribution in [0.1, 0.15) is 6.42 Å². The van der Waals surface area contributed by atoms with Crippen LogP contribution in [0, 0.1) is 0 Å². The topological polar surface area (TPSA) is 99.3 Å². The number of rotatable bonds is 6. The molecule has 1 aliphatic rings. The molecule has 1 unspecified atom stereocenters. The lowest BCUT2D eigenvalue weighted by Gasteiger charge is -2.22. The fourth-order valence-corrected chi connectivity index (χ4v) is 3.59. The number of fused-ring (bicyclic) bond motifs is 1. The van der Waals surface area contributed by atoms with Crippen LogP contribution in [0.25, 0.3) is 11.2 Å². The molecule has 0 bridgehead atoms. The van der Waals surface area contributed by atoms with Crippen molar-refractivity contribution in [1.29, 1.82) is 0 Å². The normalized spacial score (nSPS) is 16.4. The van der Waals surface area contributed by atoms with Crippen LogP contribution in [0.4, 0.5) is 11.5 Å². The van der Waals surface area contributed by atoms with Gasteiger partial charge in [0, 0.05) is 26.2 Å². The van der Waals surface area contributed by atoms with Gasteiger partial charge >= 0.3 is 0 Å². The molecule has 1 atom stereocenters. The van der Waals surface area contributed by atoms with Crippen LogP contribution in [0.2, 0.25) is 0 Å². The number of hydrogen-bond acceptors (Lipinski definition) is 7. The van der Waals surface area contributed by atoms with Crippen molar-refractivity contribution in [2.45, 2.75) is 12.5 Å². The number of imidazole rings is 1. The third-order valence-corrected chi connectivity index (χ3v) is 4.92. The molecule has 0 spiro atoms. The SMILES string of the molecule is COc1ccccc1N1CCC(NC(=O)CN(C)c2ncnc3nc[nH]c23)C1. The quantitative estimate of drug-likeness (QED) is 0.662. The average Bonchev–Trinajstić information content (AvgIpc) is 3.36. The number of carbonyl (C=O) groups excluding carboxylic acids is 1. The maximum atomic E-state index is 12.6. The molecule has 3 heterocycles. The largest absolute Gasteiger partial charge is 0.495 e. The van der Waals surface area contributed by atoms with E-state index in [1.54, 1.807) is 18.3 Å². The second-order valence-corrected chi connectivity index (χ2v) is 6.83. The van der Waals surface area contributed by atoms with Crippen molar-refractivity contribution >= 4 is 28.6 Å². The molecule has 0 aliphatic carbocycles. The molecular formula is C19H23N7O2. The van der Waals surface area contributed by atoms with Crippen LogP contribution < -0.4 is 19.9 Å². The number of aromatic nitrogens is 4. The van der Waals surface area contributed by atoms with Gasteiger partial charge in [-0.1, -0.05) is 12.1 Å². The second kappa shape index (κ2) is 7.71. The van der Waals surface area contributed by atoms with Gasteiger partial charge in [-0.3, -0.25) is 4.79 Å². The Labute approximate surface area is 162 Å². The first-order chi connectivity index (χ1) is 13.7. The van der Waals surface area contributed by atoms with E-state index in [-0.39, 0.29) is 18.5 Å². The Bertz CT molecular complexity index is 974. The van der Waals surface area contributed by atoms with Gasteiger partial charge in [0.2, 0.25) is 5.91 Å². The monoisotopic (exact) mass is 381 g/mol. The van der Waals surface area contributed by atoms with Crippen LogP contribution in [-0.4, -0.2) is 65.7 Å². The Morgan fingerprint density at radius 1 is 1.36 bits per heavy atom. The van der Waals surface area contributed by atoms with Crippen molar-refractivity contribution in [3.05, 3.63) is 36.9 Å². The third kappa shape index (κ3) is 3.55. The summed E-state index contributed by atoms with van der Waals surface area (Å²) in [6.45, 7) is 1.84. The van der Waals surface area contributed by atoms with E-state index in [4.69, 9.17) is 4.74 Å². The number of nitrogens with one attached hydrogen (secondary N) is 2. The van der Waals surface area contributed by atoms with Crippen molar-refractivity contribution < 1.29 is 9.53 Å². The molecule has 0 radical (unpaired) electrons. The number of ether oxygens (including phenoxy) is 1. The molecule has 1 aromatic carbocycles. The van der Waals surface area contributed by atoms with E-state index in [0.29, 0.717) is 11.5 Å². The predicted octanol–water partition coefficient (Wildman–Crippen LogP) is 1.19. The van der Waals surface area contributed by atoms with Crippen molar-refractivity contribution in [3.63, 3.8) is 0 Å². The van der Waals surface area contributed by atoms with Gasteiger partial charge in [0.25, 0.3) is 0 Å². The zero-order valence-electron chi connectivity index (χ0n) is 15.9. The first kappa shape index (κ1) is 18.0. The Balaban J connectivity index is 1.36. The predicted molar refractivity (Wildman–Crippen MR) is 107 cm³/mol. The molecule has 146 valence electrons. The molecule has 9 nitrogen and oxygen atoms in total. The van der Waals surface area contributed by atoms with Gasteiger partial charge in [0.05, 0.1) is 25.7 Å². The minimum absolute atomic E-state index is 0.0411. The van der Waals surface area contributed by atoms with Gasteiger partial charge < -0.3 is 24.8 Å². The maximum Gasteiger partial charge on any atom is 0.239 e. The summed E-state index contributed by atoms with van der Waals surface area (Å²) in [5.74, 6) is 1.46. The molecule has 1 fully saturated rings. The number of amides is 1. The van der Waals surface area contributed by atoms with Crippen molar-refractivity contribution in [1.82, 2.24) is 25.3 Å². The van der Waals surface area contributed by atoms with E-state index in [9.17, 15) is 4.79 Å². The van der Waals surface area contributed by atoms with Gasteiger partial charge in [-0.25, -0.2) is 15.0 Å². The zero-order chi connectivity index (χ0) is 19.5. The number of benzene rings is 1. The molecule has 9 heteroatoms. The summed E-state index contributed by atoms with van der Waals surface area (Å²) in [6, 6.07) is 8.05. The van der Waals surface area contributed by atoms with Gasteiger partial charge in [-0.2, -0.15) is 0 Å². The highest BCUT2D eigenvalue weighted by molar-refractivity contribution is 5.87. The summed E-state index contributed by atoms with van der Waals surface area (Å²) < 4.78 is 5.45. The van der Waals surface area contributed by atoms with Crippen LogP contribution in [0.15, 0.2) is 36.9 Å². The standard InChI is InChI=1S/C19H23N7O2/c1-25(19-17-18(21-11-20-17)22-12-23-19)10-16(27)24-13-7-8-26(9-13)14-5-3-4-6-15(14)28-2/h3-6,11-13H,7-10H2,1-2H3,(H,24,27)(H,20,21,22,23). The van der Waals surface area contributed by atoms with Gasteiger partial charge in [0.15, 0.2) is 11.5 Å². The maximum absolute atomic E-state index is 12.6. The summed E-state index contributed by atoms with van der Waals surface area (Å²) in [5, 5.41) is 3.13. The van der Waals surface area contributed by atoms with Gasteiger partial charge in [-0.05, 0) is 18.6 Å². The number of para-hydroxylation sites is 2. The average molecular weight is 381 g/mol. The Morgan fingerprint density at radius 3 is 3.07 bits per heavy atom. The lowest BCUT2D eigenvalue weighted by Crippen LogP contribution is -2.42. The van der Waals surface area contributed by atoms with E-state index in [2.05, 4.69) is 30.2 Å². The summed E-state index contributed by atoms with van der Waals surface area (Å²) in [7, 11) is 3.51. The molecule has 2 aromatic heterocycles. The van der Waals surface area contributed by atoms with E-state index in [0.717, 1.165) is 36.5 Å². The minimum atomic E-state index is -0.0411. The second-order valence-electron chi connectivity index (χ2n) is 6.83. The highest BCUT2D eigenvalue weighted by Gasteiger charge is 2.26. The number of likely N-dealkylation sites (N-methyl/N-ethyl adjacent to an activating group) is 1. The number of anilines is 2. The third-order valence-electron chi connectivity index (χ3n) is 4.92. The van der Waals surface area contributed by atoms with Crippen molar-refractivity contribution in [2.24, 2.45) is 0 Å². The number of nitrogens with zero attached hydrogens (tertiary/aromatic N) is 5. The molecule has 0 saturated carbocycles. The number of methoxy groups -OCH3 is 1. The minimum Gasteiger partial charge on any atom is -0.495 e. The smallest absolute Gasteiger partial charge is 0.239 e. The lowest BCUT2D eigenvalue weighted by atomic mass is 10.2. The number of aromatic amines is 1. The Kier molecular flexibility index (Phi) is 4.96. The number of H-pyrrole nitrogens is 1. The molecule has 4 rings (SSSR count). The zero-order valence-corrected chi connectivity index (χ0v) is 15.9. The first-order valence-electron chi connectivity index (χ1n) is 9.18. The Hall–Kier alpha value is -3.36. The molecule has 28 heavy (non-hydrogen) atoms. The summed E-state index contributed by atoms with van der Waals surface area (Å²) in [4.78, 5) is 32.1. The fourth-order valence-electron chi connectivity index (χ4n) is 3.59. The fraction of sp³-hybridized carbons (Fsp3) is 0.368. The highest BCUT2D eigenvalue weighted by atomic mass is 16.5. The Morgan fingerprint density at radius 2 is 2.21 bits per heavy atom. The molecule has 1 saturated heterocycles. The first-order valence-corrected chi connectivity index (χ1v) is 9.18. The van der Waals surface area contributed by atoms with Crippen molar-refractivity contribution in [3.8, 4) is 5.75 Å². The summed E-state index contributed by atoms with van der Waals surface area (Å²) >= 11 is 0. The van der Waals surface area contributed by atoms with E-state index < -0.39 is 0 Å². The number of hydrogen-bond donors (Lipinski definition) is 2. The highest BCUT2D eigenvalue weighted by Crippen LogP contribution is 2.30. The number of carbonyl (C=O) groups is 1. The molecule has 2 N–H and O–H groups in total. The van der Waals surface area contributed by atoms with Gasteiger partial charge in [0.1, 0.15) is 17.6 Å². The lowest BCUT2D eigenvalue weighted by molar-refractivity contribution is -0.120.